The second-order valence-electron chi connectivity index (χ2n) is 6.51. The Hall–Kier alpha value is -3.64. The first kappa shape index (κ1) is 19.7. The summed E-state index contributed by atoms with van der Waals surface area (Å²) < 4.78 is 10.5. The van der Waals surface area contributed by atoms with Gasteiger partial charge in [0.2, 0.25) is 0 Å². The summed E-state index contributed by atoms with van der Waals surface area (Å²) in [7, 11) is 3.10. The average Bonchev–Trinajstić information content (AvgIpc) is 3.30. The minimum Gasteiger partial charge on any atom is -0.497 e. The van der Waals surface area contributed by atoms with E-state index in [1.807, 2.05) is 60.0 Å². The van der Waals surface area contributed by atoms with Crippen LogP contribution in [-0.4, -0.2) is 25.1 Å². The highest BCUT2D eigenvalue weighted by atomic mass is 32.1. The zero-order chi connectivity index (χ0) is 20.9. The molecule has 0 fully saturated rings. The van der Waals surface area contributed by atoms with Crippen molar-refractivity contribution in [3.63, 3.8) is 0 Å². The largest absolute Gasteiger partial charge is 0.497 e. The smallest absolute Gasteiger partial charge is 0.259 e. The molecule has 1 amide bonds. The van der Waals surface area contributed by atoms with Crippen molar-refractivity contribution in [3.05, 3.63) is 83.7 Å². The summed E-state index contributed by atoms with van der Waals surface area (Å²) in [6.07, 6.45) is 0. The van der Waals surface area contributed by atoms with Crippen LogP contribution in [0.3, 0.4) is 0 Å². The van der Waals surface area contributed by atoms with Gasteiger partial charge in [0.25, 0.3) is 5.91 Å². The lowest BCUT2D eigenvalue weighted by molar-refractivity contribution is 0.102. The molecule has 0 spiro atoms. The maximum absolute atomic E-state index is 12.8. The van der Waals surface area contributed by atoms with E-state index in [0.29, 0.717) is 22.7 Å². The molecule has 1 N–H and O–H groups in total. The maximum Gasteiger partial charge on any atom is 0.259 e. The number of amides is 1. The van der Waals surface area contributed by atoms with Crippen LogP contribution in [0.2, 0.25) is 0 Å². The zero-order valence-electron chi connectivity index (χ0n) is 16.6. The molecule has 0 aliphatic rings. The number of nitrogens with one attached hydrogen (secondary N) is 1. The van der Waals surface area contributed by atoms with Crippen LogP contribution in [0.25, 0.3) is 21.8 Å². The van der Waals surface area contributed by atoms with Gasteiger partial charge in [-0.3, -0.25) is 4.79 Å². The molecule has 0 saturated carbocycles. The second-order valence-corrected chi connectivity index (χ2v) is 7.36. The topological polar surface area (TPSA) is 60.5 Å². The first-order valence-electron chi connectivity index (χ1n) is 9.32. The van der Waals surface area contributed by atoms with Crippen LogP contribution in [0, 0.1) is 0 Å². The van der Waals surface area contributed by atoms with Gasteiger partial charge in [0.15, 0.2) is 0 Å². The van der Waals surface area contributed by atoms with E-state index in [1.54, 1.807) is 36.6 Å². The molecular weight excluding hydrogens is 396 g/mol. The third kappa shape index (κ3) is 4.18. The molecule has 0 radical (unpaired) electrons. The minimum atomic E-state index is -0.255. The molecule has 0 saturated heterocycles. The number of carbonyl (C=O) groups excluding carboxylic acids is 1. The van der Waals surface area contributed by atoms with Gasteiger partial charge in [0.05, 0.1) is 25.5 Å². The number of rotatable bonds is 6. The molecular formula is C24H20N2O3S. The highest BCUT2D eigenvalue weighted by molar-refractivity contribution is 7.13. The molecule has 0 bridgehead atoms. The Labute approximate surface area is 178 Å². The predicted molar refractivity (Wildman–Crippen MR) is 120 cm³/mol. The van der Waals surface area contributed by atoms with Gasteiger partial charge >= 0.3 is 0 Å². The number of benzene rings is 3. The zero-order valence-corrected chi connectivity index (χ0v) is 17.4. The molecule has 1 heterocycles. The normalized spacial score (nSPS) is 10.5. The van der Waals surface area contributed by atoms with Crippen molar-refractivity contribution in [1.29, 1.82) is 0 Å². The molecule has 30 heavy (non-hydrogen) atoms. The van der Waals surface area contributed by atoms with Crippen LogP contribution in [0.1, 0.15) is 10.4 Å². The summed E-state index contributed by atoms with van der Waals surface area (Å²) >= 11 is 1.60. The van der Waals surface area contributed by atoms with Gasteiger partial charge in [0.1, 0.15) is 16.5 Å². The van der Waals surface area contributed by atoms with Gasteiger partial charge in [0, 0.05) is 28.3 Å². The molecule has 3 aromatic carbocycles. The van der Waals surface area contributed by atoms with Crippen molar-refractivity contribution in [2.75, 3.05) is 19.5 Å². The van der Waals surface area contributed by atoms with Crippen molar-refractivity contribution < 1.29 is 14.3 Å². The van der Waals surface area contributed by atoms with Crippen LogP contribution < -0.4 is 14.8 Å². The number of carbonyl (C=O) groups is 1. The third-order valence-corrected chi connectivity index (χ3v) is 5.49. The van der Waals surface area contributed by atoms with Gasteiger partial charge in [-0.15, -0.1) is 11.3 Å². The fourth-order valence-electron chi connectivity index (χ4n) is 3.06. The van der Waals surface area contributed by atoms with Crippen LogP contribution >= 0.6 is 11.3 Å². The van der Waals surface area contributed by atoms with Crippen LogP contribution in [0.4, 0.5) is 5.69 Å². The predicted octanol–water partition coefficient (Wildman–Crippen LogP) is 5.75. The van der Waals surface area contributed by atoms with Crippen molar-refractivity contribution in [2.45, 2.75) is 0 Å². The van der Waals surface area contributed by atoms with Crippen LogP contribution in [0.5, 0.6) is 11.5 Å². The van der Waals surface area contributed by atoms with E-state index in [4.69, 9.17) is 14.5 Å². The Morgan fingerprint density at radius 2 is 1.70 bits per heavy atom. The van der Waals surface area contributed by atoms with E-state index in [9.17, 15) is 4.79 Å². The SMILES string of the molecule is COc1ccc(C(=O)Nc2cccc(-c3csc(-c4ccccc4)n3)c2)c(OC)c1. The Bertz CT molecular complexity index is 1170. The number of aromatic nitrogens is 1. The van der Waals surface area contributed by atoms with E-state index < -0.39 is 0 Å². The Morgan fingerprint density at radius 1 is 0.900 bits per heavy atom. The summed E-state index contributed by atoms with van der Waals surface area (Å²) in [5.74, 6) is 0.827. The second kappa shape index (κ2) is 8.80. The van der Waals surface area contributed by atoms with Crippen molar-refractivity contribution in [2.24, 2.45) is 0 Å². The third-order valence-electron chi connectivity index (χ3n) is 4.59. The van der Waals surface area contributed by atoms with E-state index in [2.05, 4.69) is 5.32 Å². The first-order chi connectivity index (χ1) is 14.7. The highest BCUT2D eigenvalue weighted by Crippen LogP contribution is 2.30. The molecule has 4 rings (SSSR count). The summed E-state index contributed by atoms with van der Waals surface area (Å²) in [6, 6.07) is 22.8. The van der Waals surface area contributed by atoms with E-state index in [-0.39, 0.29) is 5.91 Å². The number of hydrogen-bond donors (Lipinski definition) is 1. The molecule has 6 heteroatoms. The van der Waals surface area contributed by atoms with Gasteiger partial charge in [-0.1, -0.05) is 42.5 Å². The number of hydrogen-bond acceptors (Lipinski definition) is 5. The lowest BCUT2D eigenvalue weighted by Gasteiger charge is -2.11. The van der Waals surface area contributed by atoms with Gasteiger partial charge in [-0.2, -0.15) is 0 Å². The number of nitrogens with zero attached hydrogens (tertiary/aromatic N) is 1. The molecule has 4 aromatic rings. The van der Waals surface area contributed by atoms with Crippen LogP contribution in [-0.2, 0) is 0 Å². The summed E-state index contributed by atoms with van der Waals surface area (Å²) in [5, 5.41) is 5.92. The molecule has 1 aromatic heterocycles. The van der Waals surface area contributed by atoms with Gasteiger partial charge in [-0.05, 0) is 24.3 Å². The lowest BCUT2D eigenvalue weighted by Crippen LogP contribution is -2.13. The fraction of sp³-hybridized carbons (Fsp3) is 0.0833. The fourth-order valence-corrected chi connectivity index (χ4v) is 3.90. The molecule has 0 unspecified atom stereocenters. The van der Waals surface area contributed by atoms with Gasteiger partial charge < -0.3 is 14.8 Å². The molecule has 0 aliphatic heterocycles. The standard InChI is InChI=1S/C24H20N2O3S/c1-28-19-11-12-20(22(14-19)29-2)23(27)25-18-10-6-9-17(13-18)21-15-30-24(26-21)16-7-4-3-5-8-16/h3-15H,1-2H3,(H,25,27). The lowest BCUT2D eigenvalue weighted by atomic mass is 10.1. The Kier molecular flexibility index (Phi) is 5.77. The Morgan fingerprint density at radius 3 is 2.47 bits per heavy atom. The van der Waals surface area contributed by atoms with Crippen molar-refractivity contribution >= 4 is 22.9 Å². The van der Waals surface area contributed by atoms with Crippen LogP contribution in [0.15, 0.2) is 78.2 Å². The molecule has 0 atom stereocenters. The Balaban J connectivity index is 1.56. The molecule has 150 valence electrons. The number of methoxy groups -OCH3 is 2. The minimum absolute atomic E-state index is 0.255. The van der Waals surface area contributed by atoms with Gasteiger partial charge in [-0.25, -0.2) is 4.98 Å². The average molecular weight is 417 g/mol. The van der Waals surface area contributed by atoms with E-state index in [0.717, 1.165) is 21.8 Å². The number of thiazole rings is 1. The van der Waals surface area contributed by atoms with Crippen molar-refractivity contribution in [3.8, 4) is 33.3 Å². The quantitative estimate of drug-likeness (QED) is 0.435. The maximum atomic E-state index is 12.8. The summed E-state index contributed by atoms with van der Waals surface area (Å²) in [5.41, 5.74) is 4.02. The molecule has 0 aliphatic carbocycles. The van der Waals surface area contributed by atoms with E-state index in [1.165, 1.54) is 7.11 Å². The van der Waals surface area contributed by atoms with E-state index >= 15 is 0 Å². The molecule has 5 nitrogen and oxygen atoms in total. The first-order valence-corrected chi connectivity index (χ1v) is 10.2. The monoisotopic (exact) mass is 416 g/mol. The number of anilines is 1. The van der Waals surface area contributed by atoms with Crippen molar-refractivity contribution in [1.82, 2.24) is 4.98 Å². The number of ether oxygens (including phenoxy) is 2. The highest BCUT2D eigenvalue weighted by Gasteiger charge is 2.14. The summed E-state index contributed by atoms with van der Waals surface area (Å²) in [6.45, 7) is 0. The summed E-state index contributed by atoms with van der Waals surface area (Å²) in [4.78, 5) is 17.5.